The van der Waals surface area contributed by atoms with Crippen molar-refractivity contribution >= 4 is 11.6 Å². The van der Waals surface area contributed by atoms with Gasteiger partial charge in [0.05, 0.1) is 4.92 Å². The average Bonchev–Trinajstić information content (AvgIpc) is 2.66. The molecule has 10 heteroatoms. The third kappa shape index (κ3) is 7.78. The molecule has 2 rings (SSSR count). The lowest BCUT2D eigenvalue weighted by molar-refractivity contribution is -0.661. The first-order chi connectivity index (χ1) is 13.0. The molecule has 0 fully saturated rings. The van der Waals surface area contributed by atoms with Crippen molar-refractivity contribution in [3.63, 3.8) is 0 Å². The van der Waals surface area contributed by atoms with E-state index in [2.05, 4.69) is 0 Å². The van der Waals surface area contributed by atoms with Crippen LogP contribution in [0.25, 0.3) is 0 Å². The lowest BCUT2D eigenvalue weighted by Gasteiger charge is -2.11. The van der Waals surface area contributed by atoms with Crippen LogP contribution in [0.1, 0.15) is 10.4 Å². The predicted octanol–water partition coefficient (Wildman–Crippen LogP) is -2.92. The number of hydrogen-bond donors (Lipinski definition) is 3. The number of hydrogen-bond acceptors (Lipinski definition) is 6. The zero-order chi connectivity index (χ0) is 19.6. The Balaban J connectivity index is 0.00000392. The van der Waals surface area contributed by atoms with Gasteiger partial charge in [0.15, 0.2) is 0 Å². The Labute approximate surface area is 168 Å². The first-order valence-electron chi connectivity index (χ1n) is 8.35. The number of nitro groups is 1. The zero-order valence-corrected chi connectivity index (χ0v) is 15.7. The van der Waals surface area contributed by atoms with Crippen molar-refractivity contribution in [2.45, 2.75) is 6.10 Å². The molecule has 152 valence electrons. The summed E-state index contributed by atoms with van der Waals surface area (Å²) in [6.07, 6.45) is -0.685. The molecule has 2 aromatic carbocycles. The Morgan fingerprint density at radius 1 is 1.11 bits per heavy atom. The summed E-state index contributed by atoms with van der Waals surface area (Å²) in [7, 11) is 0. The second-order valence-electron chi connectivity index (χ2n) is 5.77. The highest BCUT2D eigenvalue weighted by Crippen LogP contribution is 2.17. The molecule has 9 nitrogen and oxygen atoms in total. The fourth-order valence-corrected chi connectivity index (χ4v) is 2.21. The fourth-order valence-electron chi connectivity index (χ4n) is 2.21. The van der Waals surface area contributed by atoms with Crippen molar-refractivity contribution < 1.29 is 42.0 Å². The van der Waals surface area contributed by atoms with Gasteiger partial charge in [-0.1, -0.05) is 0 Å². The number of carbonyl (C=O) groups excluding carboxylic acids is 1. The van der Waals surface area contributed by atoms with Crippen LogP contribution in [0, 0.1) is 10.1 Å². The van der Waals surface area contributed by atoms with E-state index in [0.29, 0.717) is 36.8 Å². The van der Waals surface area contributed by atoms with Gasteiger partial charge in [-0.2, -0.15) is 0 Å². The van der Waals surface area contributed by atoms with Gasteiger partial charge in [0, 0.05) is 17.7 Å². The number of primary amides is 1. The first-order valence-corrected chi connectivity index (χ1v) is 8.35. The maximum atomic E-state index is 11.0. The number of nitro benzene ring substituents is 1. The van der Waals surface area contributed by atoms with Crippen LogP contribution in [0.4, 0.5) is 5.69 Å². The summed E-state index contributed by atoms with van der Waals surface area (Å²) < 4.78 is 10.9. The minimum atomic E-state index is -0.685. The van der Waals surface area contributed by atoms with E-state index in [-0.39, 0.29) is 24.7 Å². The van der Waals surface area contributed by atoms with Gasteiger partial charge in [-0.25, -0.2) is 0 Å². The molecular weight excluding hydrogens is 390 g/mol. The molecule has 0 spiro atoms. The van der Waals surface area contributed by atoms with Gasteiger partial charge in [0.2, 0.25) is 5.91 Å². The number of nitrogens with two attached hydrogens (primary N) is 2. The molecule has 0 aromatic heterocycles. The Morgan fingerprint density at radius 2 is 1.68 bits per heavy atom. The van der Waals surface area contributed by atoms with Crippen molar-refractivity contribution in [3.05, 3.63) is 64.2 Å². The lowest BCUT2D eigenvalue weighted by atomic mass is 10.2. The minimum Gasteiger partial charge on any atom is -1.00 e. The van der Waals surface area contributed by atoms with E-state index in [4.69, 9.17) is 15.2 Å². The molecule has 0 aliphatic carbocycles. The van der Waals surface area contributed by atoms with Crippen molar-refractivity contribution in [2.24, 2.45) is 5.73 Å². The largest absolute Gasteiger partial charge is 1.00 e. The van der Waals surface area contributed by atoms with E-state index in [1.807, 2.05) is 5.32 Å². The van der Waals surface area contributed by atoms with E-state index < -0.39 is 16.9 Å². The quantitative estimate of drug-likeness (QED) is 0.205. The molecular formula is C18H22ClN3O6. The van der Waals surface area contributed by atoms with E-state index in [1.54, 1.807) is 24.3 Å². The third-order valence-electron chi connectivity index (χ3n) is 3.66. The van der Waals surface area contributed by atoms with Gasteiger partial charge in [-0.05, 0) is 36.4 Å². The number of halogens is 1. The molecule has 28 heavy (non-hydrogen) atoms. The maximum absolute atomic E-state index is 11.0. The number of rotatable bonds is 11. The number of carbonyl (C=O) groups is 1. The summed E-state index contributed by atoms with van der Waals surface area (Å²) in [5.74, 6) is 0.609. The van der Waals surface area contributed by atoms with Gasteiger partial charge >= 0.3 is 0 Å². The average molecular weight is 412 g/mol. The van der Waals surface area contributed by atoms with Gasteiger partial charge < -0.3 is 38.0 Å². The van der Waals surface area contributed by atoms with Crippen molar-refractivity contribution in [3.8, 4) is 11.5 Å². The van der Waals surface area contributed by atoms with Gasteiger partial charge in [-0.3, -0.25) is 14.9 Å². The van der Waals surface area contributed by atoms with E-state index in [1.165, 1.54) is 24.3 Å². The number of amides is 1. The second-order valence-corrected chi connectivity index (χ2v) is 5.77. The summed E-state index contributed by atoms with van der Waals surface area (Å²) in [5.41, 5.74) is 5.57. The fraction of sp³-hybridized carbons (Fsp3) is 0.278. The van der Waals surface area contributed by atoms with Crippen LogP contribution in [-0.4, -0.2) is 48.3 Å². The molecule has 0 radical (unpaired) electrons. The standard InChI is InChI=1S/C18H21N3O6.ClH/c19-18(23)13-1-5-16(6-2-13)26-10-9-20-11-15(22)12-27-17-7-3-14(4-8-17)21(24)25;/h1-8,15,20,22H,9-12H2,(H2,19,23);1H. The summed E-state index contributed by atoms with van der Waals surface area (Å²) in [6, 6.07) is 12.2. The maximum Gasteiger partial charge on any atom is 0.269 e. The number of aliphatic hydroxyl groups excluding tert-OH is 1. The normalized spacial score (nSPS) is 11.2. The number of non-ortho nitro benzene ring substituents is 1. The van der Waals surface area contributed by atoms with Gasteiger partial charge in [0.1, 0.15) is 43.9 Å². The molecule has 0 heterocycles. The molecule has 0 bridgehead atoms. The molecule has 2 aromatic rings. The van der Waals surface area contributed by atoms with E-state index in [9.17, 15) is 20.0 Å². The van der Waals surface area contributed by atoms with Crippen LogP contribution in [0.5, 0.6) is 11.5 Å². The van der Waals surface area contributed by atoms with Gasteiger partial charge in [-0.15, -0.1) is 0 Å². The highest BCUT2D eigenvalue weighted by atomic mass is 35.5. The number of ether oxygens (including phenoxy) is 2. The zero-order valence-electron chi connectivity index (χ0n) is 15.0. The first kappa shape index (κ1) is 23.2. The summed E-state index contributed by atoms with van der Waals surface area (Å²) >= 11 is 0. The number of quaternary nitrogens is 1. The lowest BCUT2D eigenvalue weighted by Crippen LogP contribution is -3.00. The van der Waals surface area contributed by atoms with Crippen LogP contribution < -0.4 is 32.9 Å². The molecule has 0 saturated heterocycles. The van der Waals surface area contributed by atoms with E-state index in [0.717, 1.165) is 0 Å². The second kappa shape index (κ2) is 11.8. The highest BCUT2D eigenvalue weighted by molar-refractivity contribution is 5.92. The SMILES string of the molecule is NC(=O)c1ccc(OCC[NH2+]CC(O)COc2ccc([N+](=O)[O-])cc2)cc1.[Cl-]. The Bertz CT molecular complexity index is 755. The summed E-state index contributed by atoms with van der Waals surface area (Å²) in [4.78, 5) is 21.1. The Hall–Kier alpha value is -2.88. The smallest absolute Gasteiger partial charge is 0.269 e. The van der Waals surface area contributed by atoms with Crippen LogP contribution in [-0.2, 0) is 0 Å². The topological polar surface area (TPSA) is 142 Å². The highest BCUT2D eigenvalue weighted by Gasteiger charge is 2.09. The third-order valence-corrected chi connectivity index (χ3v) is 3.66. The molecule has 1 unspecified atom stereocenters. The minimum absolute atomic E-state index is 0. The van der Waals surface area contributed by atoms with Gasteiger partial charge in [0.25, 0.3) is 5.69 Å². The van der Waals surface area contributed by atoms with Crippen molar-refractivity contribution in [1.29, 1.82) is 0 Å². The molecule has 0 aliphatic heterocycles. The number of aliphatic hydroxyl groups is 1. The number of benzene rings is 2. The molecule has 1 amide bonds. The van der Waals surface area contributed by atoms with Crippen LogP contribution in [0.3, 0.4) is 0 Å². The van der Waals surface area contributed by atoms with Crippen LogP contribution in [0.2, 0.25) is 0 Å². The predicted molar refractivity (Wildman–Crippen MR) is 96.7 cm³/mol. The van der Waals surface area contributed by atoms with Crippen molar-refractivity contribution in [2.75, 3.05) is 26.3 Å². The Kier molecular flexibility index (Phi) is 9.72. The number of nitrogens with zero attached hydrogens (tertiary/aromatic N) is 1. The monoisotopic (exact) mass is 411 g/mol. The molecule has 0 aliphatic rings. The van der Waals surface area contributed by atoms with E-state index >= 15 is 0 Å². The molecule has 1 atom stereocenters. The van der Waals surface area contributed by atoms with Crippen LogP contribution in [0.15, 0.2) is 48.5 Å². The molecule has 5 N–H and O–H groups in total. The summed E-state index contributed by atoms with van der Waals surface area (Å²) in [5, 5.41) is 22.4. The van der Waals surface area contributed by atoms with Crippen LogP contribution >= 0.6 is 0 Å². The van der Waals surface area contributed by atoms with Crippen molar-refractivity contribution in [1.82, 2.24) is 0 Å². The molecule has 0 saturated carbocycles. The summed E-state index contributed by atoms with van der Waals surface area (Å²) in [6.45, 7) is 1.58. The Morgan fingerprint density at radius 3 is 2.25 bits per heavy atom.